The van der Waals surface area contributed by atoms with Gasteiger partial charge in [0.25, 0.3) is 0 Å². The van der Waals surface area contributed by atoms with Crippen molar-refractivity contribution in [3.05, 3.63) is 12.2 Å². The van der Waals surface area contributed by atoms with E-state index in [2.05, 4.69) is 13.5 Å². The van der Waals surface area contributed by atoms with E-state index < -0.39 is 147 Å². The monoisotopic (exact) mass is 918 g/mol. The van der Waals surface area contributed by atoms with E-state index in [1.807, 2.05) is 6.92 Å². The SMILES string of the molecule is C=C1C[C@@]23CC[C@H]4[C@@](C)(CCC[C@@]4(C)C(=O)O[C@@H]4OC[C@@H](O)[C@H](O)[C@H]4O)[C@@H]2CC[C@]1(O[C@@H]1O[C@H](CO)[C@@H](O)[C@H](O[C@@H]2O[C@H](CO)[C@@H](C)[C@H](O)[C@H]2O)[C@H]1O[C@@H]1O[C@@H](C)[C@H](O)[C@@H](O)[C@H]1O)C3. The van der Waals surface area contributed by atoms with Gasteiger partial charge in [-0.15, -0.1) is 0 Å². The molecule has 0 aromatic carbocycles. The number of esters is 1. The molecule has 0 unspecified atom stereocenters. The van der Waals surface area contributed by atoms with Crippen LogP contribution in [0.1, 0.15) is 85.5 Å². The summed E-state index contributed by atoms with van der Waals surface area (Å²) in [6.07, 6.45) is -21.2. The van der Waals surface area contributed by atoms with Gasteiger partial charge in [0.05, 0.1) is 49.1 Å². The Hall–Kier alpha value is -1.51. The van der Waals surface area contributed by atoms with Crippen molar-refractivity contribution in [2.75, 3.05) is 19.8 Å². The molecule has 4 aliphatic heterocycles. The first-order valence-electron chi connectivity index (χ1n) is 23.0. The van der Waals surface area contributed by atoms with Gasteiger partial charge in [0.15, 0.2) is 18.9 Å². The predicted octanol–water partition coefficient (Wildman–Crippen LogP) is -2.17. The molecule has 0 radical (unpaired) electrons. The molecule has 8 fully saturated rings. The number of aliphatic hydroxyl groups is 11. The molecule has 1 spiro atoms. The van der Waals surface area contributed by atoms with Gasteiger partial charge in [-0.05, 0) is 93.5 Å². The van der Waals surface area contributed by atoms with Gasteiger partial charge >= 0.3 is 5.97 Å². The second kappa shape index (κ2) is 18.1. The van der Waals surface area contributed by atoms with Crippen molar-refractivity contribution >= 4 is 5.97 Å². The Morgan fingerprint density at radius 2 is 1.31 bits per heavy atom. The van der Waals surface area contributed by atoms with E-state index >= 15 is 0 Å². The Kier molecular flexibility index (Phi) is 13.8. The van der Waals surface area contributed by atoms with Crippen LogP contribution in [0, 0.1) is 34.0 Å². The van der Waals surface area contributed by atoms with Crippen LogP contribution in [0.15, 0.2) is 12.2 Å². The van der Waals surface area contributed by atoms with Crippen LogP contribution in [0.3, 0.4) is 0 Å². The van der Waals surface area contributed by atoms with Crippen molar-refractivity contribution in [1.82, 2.24) is 0 Å². The van der Waals surface area contributed by atoms with E-state index in [9.17, 15) is 61.0 Å². The summed E-state index contributed by atoms with van der Waals surface area (Å²) >= 11 is 0. The number of carbonyl (C=O) groups excluding carboxylic acids is 1. The average molecular weight is 919 g/mol. The standard InChI is InChI=1S/C44H70O20/c1-18-13-43-11-7-24-41(4,9-6-10-42(24,5)40(56)63-36-32(54)28(50)21(47)16-57-36)25(43)8-12-44(18,17-43)64-39-35(62-37-33(55)30(52)27(49)20(3)58-37)34(29(51)23(15-46)60-39)61-38-31(53)26(48)19(2)22(14-45)59-38/h19-39,45-55H,1,6-17H2,2-5H3/t19-,20+,21-,22-,23-,24+,25+,26+,27+,28+,29-,30-,31-,32-,33-,34+,35-,36+,37+,38+,39+,41-,42-,43-,44+/m1/s1. The molecule has 25 atom stereocenters. The van der Waals surface area contributed by atoms with E-state index in [-0.39, 0.29) is 29.3 Å². The molecule has 4 saturated heterocycles. The lowest BCUT2D eigenvalue weighted by Crippen LogP contribution is -2.67. The normalized spacial score (nSPS) is 55.4. The number of rotatable bonds is 10. The Bertz CT molecular complexity index is 1690. The highest BCUT2D eigenvalue weighted by Gasteiger charge is 2.69. The smallest absolute Gasteiger partial charge is 0.314 e. The van der Waals surface area contributed by atoms with Gasteiger partial charge in [-0.1, -0.05) is 26.8 Å². The minimum atomic E-state index is -1.80. The van der Waals surface area contributed by atoms with Crippen LogP contribution < -0.4 is 0 Å². The van der Waals surface area contributed by atoms with Crippen molar-refractivity contribution in [2.24, 2.45) is 34.0 Å². The summed E-state index contributed by atoms with van der Waals surface area (Å²) in [5.74, 6) is -1.23. The molecule has 0 amide bonds. The number of hydrogen-bond donors (Lipinski definition) is 11. The average Bonchev–Trinajstić information content (AvgIpc) is 3.46. The van der Waals surface area contributed by atoms with Crippen molar-refractivity contribution in [2.45, 2.75) is 202 Å². The summed E-state index contributed by atoms with van der Waals surface area (Å²) < 4.78 is 48.9. The molecule has 4 aliphatic carbocycles. The molecule has 11 N–H and O–H groups in total. The van der Waals surface area contributed by atoms with Crippen molar-refractivity contribution in [3.8, 4) is 0 Å². The number of aliphatic hydroxyl groups excluding tert-OH is 11. The van der Waals surface area contributed by atoms with Crippen LogP contribution in [-0.4, -0.2) is 198 Å². The largest absolute Gasteiger partial charge is 0.432 e. The molecular formula is C44H70O20. The maximum atomic E-state index is 14.2. The molecule has 4 heterocycles. The van der Waals surface area contributed by atoms with Crippen LogP contribution in [0.25, 0.3) is 0 Å². The zero-order chi connectivity index (χ0) is 46.4. The van der Waals surface area contributed by atoms with Gasteiger partial charge in [-0.3, -0.25) is 4.79 Å². The first kappa shape index (κ1) is 48.9. The molecule has 8 rings (SSSR count). The third-order valence-electron chi connectivity index (χ3n) is 17.0. The lowest BCUT2D eigenvalue weighted by atomic mass is 9.41. The highest BCUT2D eigenvalue weighted by Crippen LogP contribution is 2.73. The molecular weight excluding hydrogens is 848 g/mol. The second-order valence-electron chi connectivity index (χ2n) is 20.7. The molecule has 20 heteroatoms. The molecule has 0 aromatic rings. The fourth-order valence-corrected chi connectivity index (χ4v) is 13.4. The van der Waals surface area contributed by atoms with Crippen LogP contribution in [0.2, 0.25) is 0 Å². The van der Waals surface area contributed by atoms with E-state index in [0.29, 0.717) is 44.9 Å². The molecule has 366 valence electrons. The number of fused-ring (bicyclic) bond motifs is 3. The van der Waals surface area contributed by atoms with Gasteiger partial charge in [0, 0.05) is 5.92 Å². The minimum absolute atomic E-state index is 0.108. The molecule has 4 saturated carbocycles. The van der Waals surface area contributed by atoms with Crippen molar-refractivity contribution in [3.63, 3.8) is 0 Å². The van der Waals surface area contributed by atoms with Crippen LogP contribution in [-0.2, 0) is 42.7 Å². The lowest BCUT2D eigenvalue weighted by Gasteiger charge is -2.64. The topological polar surface area (TPSA) is 313 Å². The summed E-state index contributed by atoms with van der Waals surface area (Å²) in [6.45, 7) is 10.2. The van der Waals surface area contributed by atoms with Gasteiger partial charge < -0.3 is 94.1 Å². The maximum Gasteiger partial charge on any atom is 0.314 e. The minimum Gasteiger partial charge on any atom is -0.432 e. The Morgan fingerprint density at radius 1 is 0.688 bits per heavy atom. The van der Waals surface area contributed by atoms with E-state index in [4.69, 9.17) is 37.9 Å². The zero-order valence-corrected chi connectivity index (χ0v) is 36.9. The van der Waals surface area contributed by atoms with E-state index in [0.717, 1.165) is 18.4 Å². The van der Waals surface area contributed by atoms with E-state index in [1.54, 1.807) is 6.92 Å². The number of ether oxygens (including phenoxy) is 8. The highest BCUT2D eigenvalue weighted by molar-refractivity contribution is 5.77. The number of hydrogen-bond acceptors (Lipinski definition) is 20. The number of carbonyl (C=O) groups is 1. The Balaban J connectivity index is 1.06. The third-order valence-corrected chi connectivity index (χ3v) is 17.0. The zero-order valence-electron chi connectivity index (χ0n) is 36.9. The molecule has 8 aliphatic rings. The van der Waals surface area contributed by atoms with Crippen LogP contribution in [0.4, 0.5) is 0 Å². The Labute approximate surface area is 372 Å². The van der Waals surface area contributed by atoms with Crippen LogP contribution in [0.5, 0.6) is 0 Å². The van der Waals surface area contributed by atoms with E-state index in [1.165, 1.54) is 6.92 Å². The summed E-state index contributed by atoms with van der Waals surface area (Å²) in [6, 6.07) is 0. The second-order valence-corrected chi connectivity index (χ2v) is 20.7. The molecule has 20 nitrogen and oxygen atoms in total. The highest BCUT2D eigenvalue weighted by atomic mass is 16.8. The summed E-state index contributed by atoms with van der Waals surface area (Å²) in [5, 5.41) is 117. The van der Waals surface area contributed by atoms with Gasteiger partial charge in [-0.25, -0.2) is 0 Å². The fraction of sp³-hybridized carbons (Fsp3) is 0.932. The van der Waals surface area contributed by atoms with Crippen molar-refractivity contribution < 1.29 is 98.9 Å². The van der Waals surface area contributed by atoms with Gasteiger partial charge in [-0.2, -0.15) is 0 Å². The predicted molar refractivity (Wildman–Crippen MR) is 215 cm³/mol. The van der Waals surface area contributed by atoms with Crippen LogP contribution >= 0.6 is 0 Å². The molecule has 0 aromatic heterocycles. The van der Waals surface area contributed by atoms with Gasteiger partial charge in [0.1, 0.15) is 67.1 Å². The van der Waals surface area contributed by atoms with Crippen molar-refractivity contribution in [1.29, 1.82) is 0 Å². The first-order chi connectivity index (χ1) is 30.1. The quantitative estimate of drug-likeness (QED) is 0.0631. The Morgan fingerprint density at radius 3 is 2.02 bits per heavy atom. The summed E-state index contributed by atoms with van der Waals surface area (Å²) in [7, 11) is 0. The lowest BCUT2D eigenvalue weighted by molar-refractivity contribution is -0.397. The maximum absolute atomic E-state index is 14.2. The fourth-order valence-electron chi connectivity index (χ4n) is 13.4. The third kappa shape index (κ3) is 8.01. The van der Waals surface area contributed by atoms with Gasteiger partial charge in [0.2, 0.25) is 6.29 Å². The molecule has 64 heavy (non-hydrogen) atoms. The first-order valence-corrected chi connectivity index (χ1v) is 23.0. The molecule has 2 bridgehead atoms. The summed E-state index contributed by atoms with van der Waals surface area (Å²) in [5.41, 5.74) is -1.87. The summed E-state index contributed by atoms with van der Waals surface area (Å²) in [4.78, 5) is 14.2.